The minimum Gasteiger partial charge on any atom is -0.497 e. The number of fused-ring (bicyclic) bond motifs is 1. The van der Waals surface area contributed by atoms with Gasteiger partial charge in [0, 0.05) is 16.8 Å². The Morgan fingerprint density at radius 2 is 1.48 bits per heavy atom. The molecule has 0 saturated heterocycles. The lowest BCUT2D eigenvalue weighted by Crippen LogP contribution is -2.14. The van der Waals surface area contributed by atoms with Crippen molar-refractivity contribution in [2.24, 2.45) is 0 Å². The maximum atomic E-state index is 12.7. The largest absolute Gasteiger partial charge is 0.497 e. The first-order chi connectivity index (χ1) is 19.5. The van der Waals surface area contributed by atoms with E-state index < -0.39 is 0 Å². The minimum atomic E-state index is -0.193. The third-order valence-corrected chi connectivity index (χ3v) is 6.89. The molecule has 3 aromatic carbocycles. The van der Waals surface area contributed by atoms with Crippen LogP contribution in [0.15, 0.2) is 65.8 Å². The van der Waals surface area contributed by atoms with Crippen molar-refractivity contribution < 1.29 is 33.2 Å². The van der Waals surface area contributed by atoms with Crippen LogP contribution in [-0.2, 0) is 4.79 Å². The Bertz CT molecular complexity index is 1500. The molecule has 0 unspecified atom stereocenters. The number of carbonyl (C=O) groups is 1. The van der Waals surface area contributed by atoms with Crippen LogP contribution in [0.25, 0.3) is 22.5 Å². The summed E-state index contributed by atoms with van der Waals surface area (Å²) in [6.07, 6.45) is 0. The quantitative estimate of drug-likeness (QED) is 0.202. The van der Waals surface area contributed by atoms with Crippen molar-refractivity contribution in [1.29, 1.82) is 0 Å². The molecule has 1 aliphatic heterocycles. The number of hydrogen-bond acceptors (Lipinski definition) is 10. The molecular weight excluding hydrogens is 534 g/mol. The van der Waals surface area contributed by atoms with Gasteiger partial charge in [0.1, 0.15) is 5.75 Å². The lowest BCUT2D eigenvalue weighted by molar-refractivity contribution is -0.113. The Kier molecular flexibility index (Phi) is 8.11. The normalized spacial score (nSPS) is 11.6. The van der Waals surface area contributed by atoms with E-state index in [0.29, 0.717) is 56.7 Å². The van der Waals surface area contributed by atoms with Gasteiger partial charge in [0.2, 0.25) is 18.4 Å². The van der Waals surface area contributed by atoms with Gasteiger partial charge in [-0.25, -0.2) is 9.97 Å². The molecule has 4 aromatic rings. The van der Waals surface area contributed by atoms with Crippen LogP contribution in [0.4, 0.5) is 5.69 Å². The minimum absolute atomic E-state index is 0.102. The molecule has 11 heteroatoms. The molecule has 1 amide bonds. The van der Waals surface area contributed by atoms with Crippen LogP contribution < -0.4 is 33.7 Å². The average molecular weight is 562 g/mol. The summed E-state index contributed by atoms with van der Waals surface area (Å²) in [5.41, 5.74) is 3.46. The van der Waals surface area contributed by atoms with Gasteiger partial charge in [0.15, 0.2) is 28.2 Å². The molecule has 1 N–H and O–H groups in total. The number of aromatic nitrogens is 2. The van der Waals surface area contributed by atoms with Crippen LogP contribution in [-0.4, -0.2) is 56.9 Å². The average Bonchev–Trinajstić information content (AvgIpc) is 3.47. The van der Waals surface area contributed by atoms with E-state index in [2.05, 4.69) is 5.32 Å². The summed E-state index contributed by atoms with van der Waals surface area (Å²) >= 11 is 1.22. The van der Waals surface area contributed by atoms with Gasteiger partial charge in [-0.05, 0) is 60.7 Å². The number of benzene rings is 3. The van der Waals surface area contributed by atoms with E-state index in [-0.39, 0.29) is 18.5 Å². The monoisotopic (exact) mass is 561 g/mol. The van der Waals surface area contributed by atoms with Gasteiger partial charge in [-0.15, -0.1) is 0 Å². The van der Waals surface area contributed by atoms with Gasteiger partial charge >= 0.3 is 0 Å². The third kappa shape index (κ3) is 5.84. The van der Waals surface area contributed by atoms with Crippen LogP contribution in [0, 0.1) is 0 Å². The summed E-state index contributed by atoms with van der Waals surface area (Å²) < 4.78 is 32.7. The van der Waals surface area contributed by atoms with Crippen molar-refractivity contribution in [3.8, 4) is 57.0 Å². The lowest BCUT2D eigenvalue weighted by Gasteiger charge is -2.15. The summed E-state index contributed by atoms with van der Waals surface area (Å²) in [6, 6.07) is 18.2. The third-order valence-electron chi connectivity index (χ3n) is 6.04. The van der Waals surface area contributed by atoms with Crippen molar-refractivity contribution in [2.45, 2.75) is 5.16 Å². The standard InChI is InChI=1S/C29H27N3O7S/c1-34-20-8-6-19(7-9-20)30-27(33)15-40-29-31-21(17-5-10-23-24(11-17)39-16-38-23)14-22(32-29)18-12-25(35-2)28(37-4)26(13-18)36-3/h5-14H,15-16H2,1-4H3,(H,30,33). The lowest BCUT2D eigenvalue weighted by atomic mass is 10.1. The topological polar surface area (TPSA) is 110 Å². The van der Waals surface area contributed by atoms with E-state index in [0.717, 1.165) is 11.1 Å². The summed E-state index contributed by atoms with van der Waals surface area (Å²) in [5.74, 6) is 3.39. The summed E-state index contributed by atoms with van der Waals surface area (Å²) in [6.45, 7) is 0.170. The highest BCUT2D eigenvalue weighted by molar-refractivity contribution is 7.99. The molecule has 10 nitrogen and oxygen atoms in total. The fourth-order valence-corrected chi connectivity index (χ4v) is 4.73. The number of carbonyl (C=O) groups excluding carboxylic acids is 1. The first kappa shape index (κ1) is 26.9. The van der Waals surface area contributed by atoms with Gasteiger partial charge in [-0.3, -0.25) is 4.79 Å². The number of nitrogens with one attached hydrogen (secondary N) is 1. The Morgan fingerprint density at radius 3 is 2.12 bits per heavy atom. The number of nitrogens with zero attached hydrogens (tertiary/aromatic N) is 2. The Labute approximate surface area is 235 Å². The second kappa shape index (κ2) is 12.0. The molecule has 0 fully saturated rings. The van der Waals surface area contributed by atoms with E-state index in [9.17, 15) is 4.79 Å². The first-order valence-electron chi connectivity index (χ1n) is 12.2. The van der Waals surface area contributed by atoms with E-state index in [1.165, 1.54) is 11.8 Å². The molecule has 1 aromatic heterocycles. The van der Waals surface area contributed by atoms with Crippen LogP contribution in [0.1, 0.15) is 0 Å². The van der Waals surface area contributed by atoms with Crippen molar-refractivity contribution in [3.63, 3.8) is 0 Å². The predicted molar refractivity (Wildman–Crippen MR) is 151 cm³/mol. The smallest absolute Gasteiger partial charge is 0.234 e. The fourth-order valence-electron chi connectivity index (χ4n) is 4.07. The number of anilines is 1. The Morgan fingerprint density at radius 1 is 0.800 bits per heavy atom. The van der Waals surface area contributed by atoms with Crippen molar-refractivity contribution in [2.75, 3.05) is 46.3 Å². The van der Waals surface area contributed by atoms with Gasteiger partial charge < -0.3 is 33.7 Å². The summed E-state index contributed by atoms with van der Waals surface area (Å²) in [5, 5.41) is 3.30. The molecule has 5 rings (SSSR count). The zero-order valence-corrected chi connectivity index (χ0v) is 23.2. The molecule has 0 radical (unpaired) electrons. The zero-order chi connectivity index (χ0) is 28.1. The molecule has 206 valence electrons. The number of hydrogen-bond donors (Lipinski definition) is 1. The highest BCUT2D eigenvalue weighted by atomic mass is 32.2. The second-order valence-electron chi connectivity index (χ2n) is 8.47. The fraction of sp³-hybridized carbons (Fsp3) is 0.207. The van der Waals surface area contributed by atoms with Crippen LogP contribution in [0.3, 0.4) is 0 Å². The maximum absolute atomic E-state index is 12.7. The van der Waals surface area contributed by atoms with E-state index in [4.69, 9.17) is 38.4 Å². The number of thioether (sulfide) groups is 1. The molecule has 0 bridgehead atoms. The molecule has 0 aliphatic carbocycles. The Hall–Kier alpha value is -4.64. The van der Waals surface area contributed by atoms with Crippen LogP contribution in [0.5, 0.6) is 34.5 Å². The number of amides is 1. The van der Waals surface area contributed by atoms with Crippen LogP contribution >= 0.6 is 11.8 Å². The van der Waals surface area contributed by atoms with Gasteiger partial charge in [0.25, 0.3) is 0 Å². The zero-order valence-electron chi connectivity index (χ0n) is 22.3. The molecule has 1 aliphatic rings. The molecule has 0 atom stereocenters. The summed E-state index contributed by atoms with van der Waals surface area (Å²) in [4.78, 5) is 22.2. The second-order valence-corrected chi connectivity index (χ2v) is 9.41. The molecule has 2 heterocycles. The number of methoxy groups -OCH3 is 4. The highest BCUT2D eigenvalue weighted by Gasteiger charge is 2.19. The maximum Gasteiger partial charge on any atom is 0.234 e. The first-order valence-corrected chi connectivity index (χ1v) is 13.2. The van der Waals surface area contributed by atoms with Crippen molar-refractivity contribution in [3.05, 3.63) is 60.7 Å². The van der Waals surface area contributed by atoms with Gasteiger partial charge in [-0.1, -0.05) is 11.8 Å². The molecule has 40 heavy (non-hydrogen) atoms. The molecular formula is C29H27N3O7S. The highest BCUT2D eigenvalue weighted by Crippen LogP contribution is 2.42. The Balaban J connectivity index is 1.47. The van der Waals surface area contributed by atoms with Crippen molar-refractivity contribution in [1.82, 2.24) is 9.97 Å². The van der Waals surface area contributed by atoms with E-state index >= 15 is 0 Å². The number of rotatable bonds is 10. The summed E-state index contributed by atoms with van der Waals surface area (Å²) in [7, 11) is 6.26. The predicted octanol–water partition coefficient (Wildman–Crippen LogP) is 5.30. The molecule has 0 spiro atoms. The SMILES string of the molecule is COc1ccc(NC(=O)CSc2nc(-c3ccc4c(c3)OCO4)cc(-c3cc(OC)c(OC)c(OC)c3)n2)cc1. The number of ether oxygens (including phenoxy) is 6. The van der Waals surface area contributed by atoms with Crippen molar-refractivity contribution >= 4 is 23.4 Å². The van der Waals surface area contributed by atoms with Gasteiger partial charge in [-0.2, -0.15) is 0 Å². The molecule has 0 saturated carbocycles. The van der Waals surface area contributed by atoms with Crippen LogP contribution in [0.2, 0.25) is 0 Å². The van der Waals surface area contributed by atoms with E-state index in [1.807, 2.05) is 36.4 Å². The van der Waals surface area contributed by atoms with Gasteiger partial charge in [0.05, 0.1) is 45.6 Å². The van der Waals surface area contributed by atoms with E-state index in [1.54, 1.807) is 52.7 Å².